The predicted octanol–water partition coefficient (Wildman–Crippen LogP) is 4.02. The van der Waals surface area contributed by atoms with Crippen LogP contribution in [0.25, 0.3) is 5.69 Å². The van der Waals surface area contributed by atoms with Gasteiger partial charge in [-0.15, -0.1) is 0 Å². The molecule has 0 radical (unpaired) electrons. The standard InChI is InChI=1S/C28H31N5O2/c1-21-15-18-33(30-21)25-12-7-11-23(20-25)28(35)32(3)24(19-22-9-5-4-6-10-22)14-16-29-27(34)26-13-8-17-31(26)2/h4-13,15,17-18,20,24H,14,16,19H2,1-3H3,(H,29,34)/t24-/m1/s1. The number of amides is 2. The summed E-state index contributed by atoms with van der Waals surface area (Å²) in [6, 6.07) is 23.1. The van der Waals surface area contributed by atoms with E-state index in [1.807, 2.05) is 88.0 Å². The number of hydrogen-bond acceptors (Lipinski definition) is 3. The molecule has 0 unspecified atom stereocenters. The maximum atomic E-state index is 13.5. The largest absolute Gasteiger partial charge is 0.351 e. The Labute approximate surface area is 206 Å². The van der Waals surface area contributed by atoms with Gasteiger partial charge in [0, 0.05) is 44.6 Å². The highest BCUT2D eigenvalue weighted by Crippen LogP contribution is 2.17. The first-order valence-corrected chi connectivity index (χ1v) is 11.8. The molecule has 0 aliphatic rings. The zero-order valence-electron chi connectivity index (χ0n) is 20.4. The van der Waals surface area contributed by atoms with Gasteiger partial charge in [0.1, 0.15) is 5.69 Å². The Morgan fingerprint density at radius 2 is 1.80 bits per heavy atom. The van der Waals surface area contributed by atoms with E-state index in [2.05, 4.69) is 22.5 Å². The lowest BCUT2D eigenvalue weighted by Gasteiger charge is -2.29. The van der Waals surface area contributed by atoms with Gasteiger partial charge in [-0.3, -0.25) is 9.59 Å². The van der Waals surface area contributed by atoms with Crippen molar-refractivity contribution in [3.8, 4) is 5.69 Å². The van der Waals surface area contributed by atoms with Crippen molar-refractivity contribution in [3.63, 3.8) is 0 Å². The van der Waals surface area contributed by atoms with Crippen LogP contribution in [0.3, 0.4) is 0 Å². The number of benzene rings is 2. The molecule has 0 saturated heterocycles. The van der Waals surface area contributed by atoms with E-state index in [1.54, 1.807) is 20.2 Å². The van der Waals surface area contributed by atoms with Crippen LogP contribution >= 0.6 is 0 Å². The van der Waals surface area contributed by atoms with Crippen molar-refractivity contribution in [1.29, 1.82) is 0 Å². The van der Waals surface area contributed by atoms with E-state index in [0.29, 0.717) is 30.6 Å². The van der Waals surface area contributed by atoms with Gasteiger partial charge >= 0.3 is 0 Å². The molecule has 2 aromatic carbocycles. The third-order valence-electron chi connectivity index (χ3n) is 6.20. The molecule has 2 heterocycles. The van der Waals surface area contributed by atoms with E-state index < -0.39 is 0 Å². The van der Waals surface area contributed by atoms with E-state index in [-0.39, 0.29) is 17.9 Å². The van der Waals surface area contributed by atoms with Crippen LogP contribution in [0.4, 0.5) is 0 Å². The van der Waals surface area contributed by atoms with Crippen LogP contribution < -0.4 is 5.32 Å². The van der Waals surface area contributed by atoms with Gasteiger partial charge in [-0.25, -0.2) is 4.68 Å². The molecule has 4 aromatic rings. The number of rotatable bonds is 9. The van der Waals surface area contributed by atoms with Gasteiger partial charge in [0.15, 0.2) is 0 Å². The van der Waals surface area contributed by atoms with Crippen LogP contribution in [0, 0.1) is 6.92 Å². The van der Waals surface area contributed by atoms with Crippen LogP contribution in [0.2, 0.25) is 0 Å². The summed E-state index contributed by atoms with van der Waals surface area (Å²) in [4.78, 5) is 27.8. The Kier molecular flexibility index (Phi) is 7.45. The van der Waals surface area contributed by atoms with Crippen molar-refractivity contribution in [2.75, 3.05) is 13.6 Å². The average molecular weight is 470 g/mol. The van der Waals surface area contributed by atoms with Crippen molar-refractivity contribution in [2.45, 2.75) is 25.8 Å². The minimum atomic E-state index is -0.118. The molecule has 0 aliphatic carbocycles. The second-order valence-corrected chi connectivity index (χ2v) is 8.76. The molecule has 0 bridgehead atoms. The molecular weight excluding hydrogens is 438 g/mol. The first kappa shape index (κ1) is 24.0. The molecule has 35 heavy (non-hydrogen) atoms. The fourth-order valence-corrected chi connectivity index (χ4v) is 4.17. The highest BCUT2D eigenvalue weighted by molar-refractivity contribution is 5.95. The van der Waals surface area contributed by atoms with E-state index in [0.717, 1.165) is 16.9 Å². The van der Waals surface area contributed by atoms with Gasteiger partial charge in [-0.05, 0) is 61.7 Å². The van der Waals surface area contributed by atoms with E-state index in [9.17, 15) is 9.59 Å². The van der Waals surface area contributed by atoms with Crippen LogP contribution in [-0.4, -0.2) is 50.7 Å². The summed E-state index contributed by atoms with van der Waals surface area (Å²) in [7, 11) is 3.68. The first-order chi connectivity index (χ1) is 16.9. The quantitative estimate of drug-likeness (QED) is 0.402. The number of nitrogens with zero attached hydrogens (tertiary/aromatic N) is 4. The number of aromatic nitrogens is 3. The highest BCUT2D eigenvalue weighted by atomic mass is 16.2. The number of carbonyl (C=O) groups is 2. The Balaban J connectivity index is 1.49. The van der Waals surface area contributed by atoms with E-state index in [1.165, 1.54) is 0 Å². The summed E-state index contributed by atoms with van der Waals surface area (Å²) >= 11 is 0. The second kappa shape index (κ2) is 10.9. The molecule has 0 aliphatic heterocycles. The maximum Gasteiger partial charge on any atom is 0.267 e. The number of carbonyl (C=O) groups excluding carboxylic acids is 2. The van der Waals surface area contributed by atoms with Gasteiger partial charge < -0.3 is 14.8 Å². The van der Waals surface area contributed by atoms with Crippen molar-refractivity contribution in [2.24, 2.45) is 7.05 Å². The van der Waals surface area contributed by atoms with Gasteiger partial charge in [-0.2, -0.15) is 5.10 Å². The lowest BCUT2D eigenvalue weighted by atomic mass is 10.0. The van der Waals surface area contributed by atoms with Crippen LogP contribution in [0.15, 0.2) is 85.2 Å². The predicted molar refractivity (Wildman–Crippen MR) is 137 cm³/mol. The summed E-state index contributed by atoms with van der Waals surface area (Å²) in [6.45, 7) is 2.40. The molecule has 0 saturated carbocycles. The van der Waals surface area contributed by atoms with Crippen LogP contribution in [0.5, 0.6) is 0 Å². The summed E-state index contributed by atoms with van der Waals surface area (Å²) < 4.78 is 3.56. The van der Waals surface area contributed by atoms with Gasteiger partial charge in [0.2, 0.25) is 0 Å². The third kappa shape index (κ3) is 5.87. The van der Waals surface area contributed by atoms with Crippen molar-refractivity contribution in [3.05, 3.63) is 108 Å². The fraction of sp³-hybridized carbons (Fsp3) is 0.250. The Hall–Kier alpha value is -4.13. The molecule has 1 atom stereocenters. The van der Waals surface area contributed by atoms with Crippen LogP contribution in [0.1, 0.15) is 38.5 Å². The molecule has 2 amide bonds. The molecule has 1 N–H and O–H groups in total. The smallest absolute Gasteiger partial charge is 0.267 e. The lowest BCUT2D eigenvalue weighted by Crippen LogP contribution is -2.41. The fourth-order valence-electron chi connectivity index (χ4n) is 4.17. The minimum absolute atomic E-state index is 0.0644. The molecule has 7 nitrogen and oxygen atoms in total. The molecular formula is C28H31N5O2. The third-order valence-corrected chi connectivity index (χ3v) is 6.20. The Bertz CT molecular complexity index is 1290. The minimum Gasteiger partial charge on any atom is -0.351 e. The van der Waals surface area contributed by atoms with Crippen LogP contribution in [-0.2, 0) is 13.5 Å². The highest BCUT2D eigenvalue weighted by Gasteiger charge is 2.22. The maximum absolute atomic E-state index is 13.5. The SMILES string of the molecule is Cc1ccn(-c2cccc(C(=O)N(C)[C@H](CCNC(=O)c3cccn3C)Cc3ccccc3)c2)n1. The molecule has 7 heteroatoms. The van der Waals surface area contributed by atoms with Gasteiger partial charge in [-0.1, -0.05) is 36.4 Å². The average Bonchev–Trinajstić information content (AvgIpc) is 3.51. The van der Waals surface area contributed by atoms with Crippen molar-refractivity contribution >= 4 is 11.8 Å². The molecule has 180 valence electrons. The topological polar surface area (TPSA) is 72.2 Å². The Morgan fingerprint density at radius 3 is 2.49 bits per heavy atom. The zero-order chi connectivity index (χ0) is 24.8. The Morgan fingerprint density at radius 1 is 1.00 bits per heavy atom. The van der Waals surface area contributed by atoms with Gasteiger partial charge in [0.05, 0.1) is 11.4 Å². The van der Waals surface area contributed by atoms with E-state index >= 15 is 0 Å². The van der Waals surface area contributed by atoms with E-state index in [4.69, 9.17) is 0 Å². The number of hydrogen-bond donors (Lipinski definition) is 1. The zero-order valence-corrected chi connectivity index (χ0v) is 20.4. The number of nitrogens with one attached hydrogen (secondary N) is 1. The monoisotopic (exact) mass is 469 g/mol. The number of aryl methyl sites for hydroxylation is 2. The summed E-state index contributed by atoms with van der Waals surface area (Å²) in [5.41, 5.74) is 4.11. The molecule has 4 rings (SSSR count). The normalized spacial score (nSPS) is 11.7. The van der Waals surface area contributed by atoms with Gasteiger partial charge in [0.25, 0.3) is 11.8 Å². The molecule has 0 spiro atoms. The summed E-state index contributed by atoms with van der Waals surface area (Å²) in [5.74, 6) is -0.183. The lowest BCUT2D eigenvalue weighted by molar-refractivity contribution is 0.0722. The molecule has 0 fully saturated rings. The number of likely N-dealkylation sites (N-methyl/N-ethyl adjacent to an activating group) is 1. The summed E-state index contributed by atoms with van der Waals surface area (Å²) in [5, 5.41) is 7.45. The van der Waals surface area contributed by atoms with Crippen molar-refractivity contribution < 1.29 is 9.59 Å². The molecule has 2 aromatic heterocycles. The second-order valence-electron chi connectivity index (χ2n) is 8.76. The van der Waals surface area contributed by atoms with Crippen molar-refractivity contribution in [1.82, 2.24) is 24.6 Å². The summed E-state index contributed by atoms with van der Waals surface area (Å²) in [6.07, 6.45) is 5.06. The first-order valence-electron chi connectivity index (χ1n) is 11.8.